The molecule has 0 spiro atoms. The summed E-state index contributed by atoms with van der Waals surface area (Å²) in [5.74, 6) is -1.55. The third-order valence-electron chi connectivity index (χ3n) is 5.48. The molecule has 1 N–H and O–H groups in total. The van der Waals surface area contributed by atoms with E-state index >= 15 is 0 Å². The highest BCUT2D eigenvalue weighted by atomic mass is 19.2. The van der Waals surface area contributed by atoms with E-state index in [2.05, 4.69) is 4.99 Å². The van der Waals surface area contributed by atoms with E-state index in [1.165, 1.54) is 0 Å². The van der Waals surface area contributed by atoms with Crippen LogP contribution in [0, 0.1) is 6.92 Å². The molecule has 148 valence electrons. The molecule has 1 saturated heterocycles. The smallest absolute Gasteiger partial charge is 0.175 e. The number of rotatable bonds is 3. The highest BCUT2D eigenvalue weighted by Crippen LogP contribution is 2.36. The summed E-state index contributed by atoms with van der Waals surface area (Å²) < 4.78 is 33.2. The van der Waals surface area contributed by atoms with Gasteiger partial charge in [0.05, 0.1) is 24.6 Å². The maximum absolute atomic E-state index is 14.2. The van der Waals surface area contributed by atoms with E-state index in [1.807, 2.05) is 36.1 Å². The van der Waals surface area contributed by atoms with E-state index in [0.29, 0.717) is 44.8 Å². The van der Waals surface area contributed by atoms with Crippen LogP contribution >= 0.6 is 0 Å². The van der Waals surface area contributed by atoms with E-state index in [4.69, 9.17) is 4.74 Å². The Balaban J connectivity index is 1.81. The lowest BCUT2D eigenvalue weighted by molar-refractivity contribution is -0.0596. The number of aliphatic hydroxyl groups is 1. The second-order valence-corrected chi connectivity index (χ2v) is 7.32. The van der Waals surface area contributed by atoms with Crippen molar-refractivity contribution in [2.45, 2.75) is 32.4 Å². The molecule has 0 saturated carbocycles. The molecule has 1 fully saturated rings. The van der Waals surface area contributed by atoms with E-state index in [-0.39, 0.29) is 12.1 Å². The second-order valence-electron chi connectivity index (χ2n) is 7.32. The third-order valence-corrected chi connectivity index (χ3v) is 5.48. The van der Waals surface area contributed by atoms with Gasteiger partial charge < -0.3 is 9.84 Å². The first-order valence-corrected chi connectivity index (χ1v) is 9.70. The van der Waals surface area contributed by atoms with Crippen LogP contribution in [-0.2, 0) is 4.74 Å². The highest BCUT2D eigenvalue weighted by molar-refractivity contribution is 6.05. The zero-order valence-corrected chi connectivity index (χ0v) is 15.9. The summed E-state index contributed by atoms with van der Waals surface area (Å²) in [4.78, 5) is 6.44. The van der Waals surface area contributed by atoms with Crippen LogP contribution in [0.1, 0.15) is 36.6 Å². The van der Waals surface area contributed by atoms with Gasteiger partial charge in [-0.05, 0) is 36.8 Å². The van der Waals surface area contributed by atoms with Crippen molar-refractivity contribution in [3.8, 4) is 0 Å². The number of aliphatic imine (C=N–C) groups is 1. The molecule has 4 nitrogen and oxygen atoms in total. The van der Waals surface area contributed by atoms with Gasteiger partial charge in [-0.25, -0.2) is 13.8 Å². The summed E-state index contributed by atoms with van der Waals surface area (Å²) in [5, 5.41) is 12.7. The van der Waals surface area contributed by atoms with Gasteiger partial charge in [0.1, 0.15) is 12.1 Å². The fraction of sp³-hybridized carbons (Fsp3) is 0.409. The van der Waals surface area contributed by atoms with Crippen LogP contribution in [0.15, 0.2) is 47.0 Å². The van der Waals surface area contributed by atoms with Crippen molar-refractivity contribution in [3.63, 3.8) is 0 Å². The van der Waals surface area contributed by atoms with E-state index in [9.17, 15) is 13.9 Å². The van der Waals surface area contributed by atoms with Crippen molar-refractivity contribution >= 4 is 22.2 Å². The topological polar surface area (TPSA) is 45.1 Å². The van der Waals surface area contributed by atoms with Crippen molar-refractivity contribution in [3.05, 3.63) is 53.1 Å². The van der Waals surface area contributed by atoms with Crippen molar-refractivity contribution < 1.29 is 18.6 Å². The summed E-state index contributed by atoms with van der Waals surface area (Å²) in [6.07, 6.45) is 0.362. The number of allylic oxidation sites excluding steroid dienone is 2. The van der Waals surface area contributed by atoms with Crippen LogP contribution in [0.3, 0.4) is 0 Å². The fourth-order valence-corrected chi connectivity index (χ4v) is 3.98. The predicted molar refractivity (Wildman–Crippen MR) is 106 cm³/mol. The van der Waals surface area contributed by atoms with Crippen molar-refractivity contribution in [2.75, 3.05) is 26.3 Å². The summed E-state index contributed by atoms with van der Waals surface area (Å²) in [6.45, 7) is 4.49. The Morgan fingerprint density at radius 3 is 2.68 bits per heavy atom. The van der Waals surface area contributed by atoms with Crippen LogP contribution in [0.2, 0.25) is 0 Å². The Hall–Kier alpha value is -2.15. The zero-order valence-electron chi connectivity index (χ0n) is 15.9. The van der Waals surface area contributed by atoms with Gasteiger partial charge in [-0.2, -0.15) is 0 Å². The first kappa shape index (κ1) is 19.2. The molecule has 1 atom stereocenters. The molecule has 0 aromatic heterocycles. The minimum atomic E-state index is -0.829. The number of benzene rings is 2. The molecular weight excluding hydrogens is 362 g/mol. The normalized spacial score (nSPS) is 21.5. The number of morpholine rings is 1. The monoisotopic (exact) mass is 386 g/mol. The molecule has 0 radical (unpaired) electrons. The van der Waals surface area contributed by atoms with E-state index < -0.39 is 17.9 Å². The Kier molecular flexibility index (Phi) is 5.53. The molecule has 1 aliphatic heterocycles. The van der Waals surface area contributed by atoms with Crippen LogP contribution in [0.25, 0.3) is 10.8 Å². The maximum atomic E-state index is 14.2. The number of hydrogen-bond donors (Lipinski definition) is 1. The number of hydrogen-bond acceptors (Lipinski definition) is 4. The number of aliphatic hydroxyl groups excluding tert-OH is 1. The molecule has 1 unspecified atom stereocenters. The molecule has 2 aliphatic rings. The molecule has 0 amide bonds. The lowest BCUT2D eigenvalue weighted by Gasteiger charge is -2.32. The van der Waals surface area contributed by atoms with Gasteiger partial charge in [0, 0.05) is 30.5 Å². The molecule has 1 heterocycles. The molecule has 2 aromatic rings. The van der Waals surface area contributed by atoms with Gasteiger partial charge in [0.25, 0.3) is 0 Å². The lowest BCUT2D eigenvalue weighted by atomic mass is 9.96. The second kappa shape index (κ2) is 8.07. The fourth-order valence-electron chi connectivity index (χ4n) is 3.98. The van der Waals surface area contributed by atoms with Crippen molar-refractivity contribution in [2.24, 2.45) is 4.99 Å². The number of halogens is 2. The van der Waals surface area contributed by atoms with E-state index in [0.717, 1.165) is 21.9 Å². The molecule has 28 heavy (non-hydrogen) atoms. The highest BCUT2D eigenvalue weighted by Gasteiger charge is 2.24. The first-order valence-electron chi connectivity index (χ1n) is 9.70. The Bertz CT molecular complexity index is 949. The Morgan fingerprint density at radius 1 is 1.11 bits per heavy atom. The largest absolute Gasteiger partial charge is 0.379 e. The van der Waals surface area contributed by atoms with Crippen molar-refractivity contribution in [1.29, 1.82) is 0 Å². The Labute approximate surface area is 163 Å². The maximum Gasteiger partial charge on any atom is 0.175 e. The predicted octanol–water partition coefficient (Wildman–Crippen LogP) is 4.88. The zero-order chi connectivity index (χ0) is 19.7. The standard InChI is InChI=1S/C22H24F2N2O2/c1-14-4-2-5-15-18(25-19-7-3-6-17(23)21(19)24)9-8-16(20(14)15)22(27)26-10-12-28-13-11-26/h2,4-5,8-9,22,27H,3,6-7,10-13H2,1H3. The lowest BCUT2D eigenvalue weighted by Crippen LogP contribution is -2.39. The van der Waals surface area contributed by atoms with E-state index in [1.54, 1.807) is 6.07 Å². The molecule has 4 rings (SSSR count). The number of ether oxygens (including phenoxy) is 1. The number of fused-ring (bicyclic) bond motifs is 1. The molecule has 0 bridgehead atoms. The van der Waals surface area contributed by atoms with Crippen LogP contribution in [0.5, 0.6) is 0 Å². The van der Waals surface area contributed by atoms with Gasteiger partial charge in [0.15, 0.2) is 5.83 Å². The van der Waals surface area contributed by atoms with Gasteiger partial charge in [-0.15, -0.1) is 0 Å². The molecule has 2 aromatic carbocycles. The minimum Gasteiger partial charge on any atom is -0.379 e. The van der Waals surface area contributed by atoms with Gasteiger partial charge in [-0.3, -0.25) is 4.90 Å². The SMILES string of the molecule is Cc1cccc2c(N=C3CCCC(F)=C3F)ccc(C(O)N3CCOCC3)c12. The molecule has 6 heteroatoms. The average molecular weight is 386 g/mol. The van der Waals surface area contributed by atoms with Crippen LogP contribution in [-0.4, -0.2) is 42.0 Å². The van der Waals surface area contributed by atoms with Crippen molar-refractivity contribution in [1.82, 2.24) is 4.90 Å². The number of nitrogens with zero attached hydrogens (tertiary/aromatic N) is 2. The number of aryl methyl sites for hydroxylation is 1. The average Bonchev–Trinajstić information content (AvgIpc) is 2.72. The summed E-state index contributed by atoms with van der Waals surface area (Å²) >= 11 is 0. The van der Waals surface area contributed by atoms with Gasteiger partial charge in [-0.1, -0.05) is 24.3 Å². The van der Waals surface area contributed by atoms with Crippen LogP contribution < -0.4 is 0 Å². The molecular formula is C22H24F2N2O2. The van der Waals surface area contributed by atoms with Gasteiger partial charge >= 0.3 is 0 Å². The van der Waals surface area contributed by atoms with Crippen LogP contribution in [0.4, 0.5) is 14.5 Å². The third kappa shape index (κ3) is 3.60. The Morgan fingerprint density at radius 2 is 1.89 bits per heavy atom. The summed E-state index contributed by atoms with van der Waals surface area (Å²) in [6, 6.07) is 9.44. The summed E-state index contributed by atoms with van der Waals surface area (Å²) in [7, 11) is 0. The quantitative estimate of drug-likeness (QED) is 0.818. The van der Waals surface area contributed by atoms with Gasteiger partial charge in [0.2, 0.25) is 0 Å². The molecule has 1 aliphatic carbocycles. The minimum absolute atomic E-state index is 0.134. The first-order chi connectivity index (χ1) is 13.6. The summed E-state index contributed by atoms with van der Waals surface area (Å²) in [5.41, 5.74) is 2.56.